The van der Waals surface area contributed by atoms with E-state index in [1.165, 1.54) is 18.2 Å². The summed E-state index contributed by atoms with van der Waals surface area (Å²) in [5.41, 5.74) is 14.2. The molecule has 0 radical (unpaired) electrons. The molecule has 0 aliphatic rings. The van der Waals surface area contributed by atoms with Crippen molar-refractivity contribution in [1.29, 1.82) is 0 Å². The van der Waals surface area contributed by atoms with E-state index in [0.29, 0.717) is 22.6 Å². The third kappa shape index (κ3) is 3.98. The summed E-state index contributed by atoms with van der Waals surface area (Å²) in [4.78, 5) is 32.4. The molecule has 3 rings (SSSR count). The van der Waals surface area contributed by atoms with Gasteiger partial charge in [0.25, 0.3) is 5.56 Å². The highest BCUT2D eigenvalue weighted by Gasteiger charge is 2.16. The number of carbonyl (C=O) groups excluding carboxylic acids is 1. The summed E-state index contributed by atoms with van der Waals surface area (Å²) >= 11 is 0. The van der Waals surface area contributed by atoms with Gasteiger partial charge in [0.15, 0.2) is 0 Å². The van der Waals surface area contributed by atoms with Gasteiger partial charge in [-0.05, 0) is 26.0 Å². The SMILES string of the molecule is CC(C)n1cc(-c2nc(/C=C/C(N)=O)c(N)nc2-c2ccccc2)ccc1=O. The van der Waals surface area contributed by atoms with Crippen molar-refractivity contribution in [2.45, 2.75) is 19.9 Å². The number of hydrogen-bond acceptors (Lipinski definition) is 5. The highest BCUT2D eigenvalue weighted by Crippen LogP contribution is 2.30. The number of nitrogens with zero attached hydrogens (tertiary/aromatic N) is 3. The molecule has 0 fully saturated rings. The van der Waals surface area contributed by atoms with Gasteiger partial charge in [-0.3, -0.25) is 9.59 Å². The van der Waals surface area contributed by atoms with Crippen LogP contribution in [0.4, 0.5) is 5.82 Å². The third-order valence-electron chi connectivity index (χ3n) is 4.17. The molecule has 1 amide bonds. The zero-order valence-electron chi connectivity index (χ0n) is 15.7. The number of rotatable bonds is 5. The van der Waals surface area contributed by atoms with Gasteiger partial charge >= 0.3 is 0 Å². The minimum absolute atomic E-state index is 0.0106. The van der Waals surface area contributed by atoms with Crippen LogP contribution in [-0.2, 0) is 4.79 Å². The molecule has 3 aromatic rings. The molecular formula is C21H21N5O2. The predicted molar refractivity (Wildman–Crippen MR) is 110 cm³/mol. The first-order chi connectivity index (χ1) is 13.4. The zero-order chi connectivity index (χ0) is 20.3. The second-order valence-electron chi connectivity index (χ2n) is 6.55. The average Bonchev–Trinajstić information content (AvgIpc) is 2.67. The van der Waals surface area contributed by atoms with E-state index in [2.05, 4.69) is 9.97 Å². The van der Waals surface area contributed by atoms with E-state index in [-0.39, 0.29) is 17.4 Å². The minimum atomic E-state index is -0.608. The van der Waals surface area contributed by atoms with Crippen LogP contribution in [0.5, 0.6) is 0 Å². The van der Waals surface area contributed by atoms with Crippen molar-refractivity contribution < 1.29 is 4.79 Å². The van der Waals surface area contributed by atoms with Crippen LogP contribution in [0.15, 0.2) is 59.5 Å². The fraction of sp³-hybridized carbons (Fsp3) is 0.143. The molecule has 1 aromatic carbocycles. The normalized spacial score (nSPS) is 11.2. The summed E-state index contributed by atoms with van der Waals surface area (Å²) < 4.78 is 1.63. The maximum Gasteiger partial charge on any atom is 0.250 e. The minimum Gasteiger partial charge on any atom is -0.382 e. The number of primary amides is 1. The number of carbonyl (C=O) groups is 1. The van der Waals surface area contributed by atoms with Gasteiger partial charge in [0.2, 0.25) is 5.91 Å². The van der Waals surface area contributed by atoms with Gasteiger partial charge < -0.3 is 16.0 Å². The van der Waals surface area contributed by atoms with Crippen molar-refractivity contribution in [1.82, 2.24) is 14.5 Å². The van der Waals surface area contributed by atoms with Gasteiger partial charge in [-0.1, -0.05) is 30.3 Å². The van der Waals surface area contributed by atoms with Gasteiger partial charge in [0.1, 0.15) is 11.5 Å². The Morgan fingerprint density at radius 2 is 1.71 bits per heavy atom. The Labute approximate surface area is 162 Å². The zero-order valence-corrected chi connectivity index (χ0v) is 15.7. The molecule has 0 unspecified atom stereocenters. The lowest BCUT2D eigenvalue weighted by Crippen LogP contribution is -2.20. The quantitative estimate of drug-likeness (QED) is 0.665. The highest BCUT2D eigenvalue weighted by molar-refractivity contribution is 5.91. The van der Waals surface area contributed by atoms with E-state index in [1.54, 1.807) is 16.8 Å². The van der Waals surface area contributed by atoms with Gasteiger partial charge in [-0.15, -0.1) is 0 Å². The Balaban J connectivity index is 2.27. The number of pyridine rings is 1. The van der Waals surface area contributed by atoms with Crippen molar-refractivity contribution >= 4 is 17.8 Å². The second kappa shape index (κ2) is 7.87. The number of amides is 1. The summed E-state index contributed by atoms with van der Waals surface area (Å²) in [7, 11) is 0. The van der Waals surface area contributed by atoms with Gasteiger partial charge in [-0.25, -0.2) is 9.97 Å². The van der Waals surface area contributed by atoms with E-state index < -0.39 is 5.91 Å². The fourth-order valence-electron chi connectivity index (χ4n) is 2.79. The van der Waals surface area contributed by atoms with Crippen LogP contribution in [-0.4, -0.2) is 20.4 Å². The smallest absolute Gasteiger partial charge is 0.250 e. The third-order valence-corrected chi connectivity index (χ3v) is 4.17. The Morgan fingerprint density at radius 1 is 1.04 bits per heavy atom. The lowest BCUT2D eigenvalue weighted by molar-refractivity contribution is -0.113. The van der Waals surface area contributed by atoms with E-state index in [1.807, 2.05) is 44.2 Å². The van der Waals surface area contributed by atoms with Gasteiger partial charge in [0.05, 0.1) is 11.4 Å². The number of hydrogen-bond donors (Lipinski definition) is 2. The molecule has 7 nitrogen and oxygen atoms in total. The van der Waals surface area contributed by atoms with Crippen molar-refractivity contribution in [3.63, 3.8) is 0 Å². The molecule has 2 aromatic heterocycles. The molecular weight excluding hydrogens is 354 g/mol. The van der Waals surface area contributed by atoms with Crippen molar-refractivity contribution in [2.75, 3.05) is 5.73 Å². The molecule has 4 N–H and O–H groups in total. The average molecular weight is 375 g/mol. The predicted octanol–water partition coefficient (Wildman–Crippen LogP) is 2.63. The Kier molecular flexibility index (Phi) is 5.35. The molecule has 0 atom stereocenters. The number of nitrogen functional groups attached to an aromatic ring is 1. The first-order valence-corrected chi connectivity index (χ1v) is 8.80. The highest BCUT2D eigenvalue weighted by atomic mass is 16.1. The second-order valence-corrected chi connectivity index (χ2v) is 6.55. The standard InChI is InChI=1S/C21H21N5O2/c1-13(2)26-12-15(8-11-18(26)28)20-19(14-6-4-3-5-7-14)25-21(23)16(24-20)9-10-17(22)27/h3-13H,1-2H3,(H2,22,27)(H2,23,25)/b10-9+. The summed E-state index contributed by atoms with van der Waals surface area (Å²) in [6.45, 7) is 3.86. The van der Waals surface area contributed by atoms with Crippen LogP contribution in [0.25, 0.3) is 28.6 Å². The summed E-state index contributed by atoms with van der Waals surface area (Å²) in [6.07, 6.45) is 4.37. The van der Waals surface area contributed by atoms with Crippen molar-refractivity contribution in [2.24, 2.45) is 5.73 Å². The topological polar surface area (TPSA) is 117 Å². The molecule has 0 spiro atoms. The Bertz CT molecular complexity index is 1100. The van der Waals surface area contributed by atoms with E-state index in [4.69, 9.17) is 11.5 Å². The van der Waals surface area contributed by atoms with E-state index in [0.717, 1.165) is 5.56 Å². The fourth-order valence-corrected chi connectivity index (χ4v) is 2.79. The van der Waals surface area contributed by atoms with Crippen molar-refractivity contribution in [3.8, 4) is 22.5 Å². The van der Waals surface area contributed by atoms with Crippen LogP contribution in [0.1, 0.15) is 25.6 Å². The van der Waals surface area contributed by atoms with E-state index >= 15 is 0 Å². The number of aromatic nitrogens is 3. The summed E-state index contributed by atoms with van der Waals surface area (Å²) in [5.74, 6) is -0.430. The molecule has 7 heteroatoms. The first-order valence-electron chi connectivity index (χ1n) is 8.80. The lowest BCUT2D eigenvalue weighted by atomic mass is 10.0. The van der Waals surface area contributed by atoms with Crippen molar-refractivity contribution in [3.05, 3.63) is 70.8 Å². The van der Waals surface area contributed by atoms with Gasteiger partial charge in [0, 0.05) is 35.5 Å². The van der Waals surface area contributed by atoms with Crippen LogP contribution in [0.3, 0.4) is 0 Å². The monoisotopic (exact) mass is 375 g/mol. The molecule has 0 saturated carbocycles. The maximum atomic E-state index is 12.1. The molecule has 2 heterocycles. The Morgan fingerprint density at radius 3 is 2.36 bits per heavy atom. The molecule has 0 aliphatic heterocycles. The molecule has 142 valence electrons. The Hall–Kier alpha value is -3.74. The number of benzene rings is 1. The number of nitrogens with two attached hydrogens (primary N) is 2. The lowest BCUT2D eigenvalue weighted by Gasteiger charge is -2.14. The molecule has 28 heavy (non-hydrogen) atoms. The largest absolute Gasteiger partial charge is 0.382 e. The van der Waals surface area contributed by atoms with Crippen LogP contribution >= 0.6 is 0 Å². The van der Waals surface area contributed by atoms with Crippen LogP contribution < -0.4 is 17.0 Å². The molecule has 0 saturated heterocycles. The van der Waals surface area contributed by atoms with E-state index in [9.17, 15) is 9.59 Å². The molecule has 0 bridgehead atoms. The first kappa shape index (κ1) is 19.0. The number of anilines is 1. The van der Waals surface area contributed by atoms with Crippen LogP contribution in [0, 0.1) is 0 Å². The maximum absolute atomic E-state index is 12.1. The summed E-state index contributed by atoms with van der Waals surface area (Å²) in [5, 5.41) is 0. The van der Waals surface area contributed by atoms with Gasteiger partial charge in [-0.2, -0.15) is 0 Å². The van der Waals surface area contributed by atoms with Crippen LogP contribution in [0.2, 0.25) is 0 Å². The molecule has 0 aliphatic carbocycles. The summed E-state index contributed by atoms with van der Waals surface area (Å²) in [6, 6.07) is 12.7.